The second kappa shape index (κ2) is 6.61. The highest BCUT2D eigenvalue weighted by Crippen LogP contribution is 2.31. The first-order valence-corrected chi connectivity index (χ1v) is 7.09. The van der Waals surface area contributed by atoms with Crippen LogP contribution in [0.25, 0.3) is 0 Å². The molecule has 0 aromatic heterocycles. The third kappa shape index (κ3) is 3.74. The Labute approximate surface area is 102 Å². The number of nitrogens with one attached hydrogen (secondary N) is 1. The molecule has 1 heterocycles. The van der Waals surface area contributed by atoms with E-state index in [0.29, 0.717) is 5.54 Å². The molecule has 1 rings (SSSR count). The van der Waals surface area contributed by atoms with Crippen LogP contribution in [0.1, 0.15) is 59.8 Å². The van der Waals surface area contributed by atoms with Gasteiger partial charge in [0.1, 0.15) is 0 Å². The maximum absolute atomic E-state index is 3.59. The van der Waals surface area contributed by atoms with Crippen LogP contribution in [0.5, 0.6) is 0 Å². The predicted molar refractivity (Wildman–Crippen MR) is 71.9 cm³/mol. The molecular formula is C14H30N2. The number of nitrogens with zero attached hydrogens (tertiary/aromatic N) is 1. The molecule has 0 aromatic carbocycles. The molecular weight excluding hydrogens is 196 g/mol. The summed E-state index contributed by atoms with van der Waals surface area (Å²) in [7, 11) is 0. The predicted octanol–water partition coefficient (Wildman–Crippen LogP) is 3.03. The van der Waals surface area contributed by atoms with E-state index in [9.17, 15) is 0 Å². The van der Waals surface area contributed by atoms with E-state index in [1.807, 2.05) is 0 Å². The lowest BCUT2D eigenvalue weighted by Gasteiger charge is -2.38. The fourth-order valence-corrected chi connectivity index (χ4v) is 2.95. The summed E-state index contributed by atoms with van der Waals surface area (Å²) in [6.45, 7) is 13.0. The van der Waals surface area contributed by atoms with E-state index < -0.39 is 0 Å². The highest BCUT2D eigenvalue weighted by atomic mass is 15.2. The molecule has 0 radical (unpaired) electrons. The average Bonchev–Trinajstić information content (AvgIpc) is 2.57. The monoisotopic (exact) mass is 226 g/mol. The highest BCUT2D eigenvalue weighted by molar-refractivity contribution is 4.92. The van der Waals surface area contributed by atoms with Crippen molar-refractivity contribution in [2.45, 2.75) is 71.4 Å². The van der Waals surface area contributed by atoms with E-state index in [1.54, 1.807) is 0 Å². The zero-order valence-corrected chi connectivity index (χ0v) is 11.7. The van der Waals surface area contributed by atoms with Crippen molar-refractivity contribution in [2.24, 2.45) is 0 Å². The van der Waals surface area contributed by atoms with E-state index in [4.69, 9.17) is 0 Å². The molecule has 1 atom stereocenters. The van der Waals surface area contributed by atoms with Crippen LogP contribution in [0.2, 0.25) is 0 Å². The van der Waals surface area contributed by atoms with Crippen molar-refractivity contribution in [3.63, 3.8) is 0 Å². The summed E-state index contributed by atoms with van der Waals surface area (Å²) < 4.78 is 0. The molecule has 2 heteroatoms. The van der Waals surface area contributed by atoms with Gasteiger partial charge in [0.25, 0.3) is 0 Å². The number of rotatable bonds is 7. The molecule has 0 aliphatic carbocycles. The Balaban J connectivity index is 2.48. The molecule has 0 spiro atoms. The zero-order chi connectivity index (χ0) is 12.0. The van der Waals surface area contributed by atoms with Crippen LogP contribution in [0.4, 0.5) is 0 Å². The van der Waals surface area contributed by atoms with E-state index in [-0.39, 0.29) is 0 Å². The molecule has 2 nitrogen and oxygen atoms in total. The smallest absolute Gasteiger partial charge is 0.0225 e. The first-order chi connectivity index (χ1) is 7.61. The van der Waals surface area contributed by atoms with Gasteiger partial charge in [0.05, 0.1) is 0 Å². The van der Waals surface area contributed by atoms with Crippen molar-refractivity contribution in [3.05, 3.63) is 0 Å². The van der Waals surface area contributed by atoms with Gasteiger partial charge in [0, 0.05) is 18.1 Å². The van der Waals surface area contributed by atoms with Gasteiger partial charge in [-0.1, -0.05) is 20.3 Å². The maximum Gasteiger partial charge on any atom is 0.0225 e. The molecule has 96 valence electrons. The quantitative estimate of drug-likeness (QED) is 0.671. The first-order valence-electron chi connectivity index (χ1n) is 7.09. The van der Waals surface area contributed by atoms with E-state index in [2.05, 4.69) is 37.9 Å². The molecule has 0 bridgehead atoms. The summed E-state index contributed by atoms with van der Waals surface area (Å²) in [4.78, 5) is 2.74. The standard InChI is InChI=1S/C14H30N2/c1-5-8-13(12-15-10-6-2)16-11-7-9-14(16,3)4/h13,15H,5-12H2,1-4H3. The lowest BCUT2D eigenvalue weighted by molar-refractivity contribution is 0.107. The van der Waals surface area contributed by atoms with Gasteiger partial charge in [-0.05, 0) is 52.6 Å². The van der Waals surface area contributed by atoms with Crippen LogP contribution in [-0.4, -0.2) is 36.1 Å². The van der Waals surface area contributed by atoms with Crippen LogP contribution < -0.4 is 5.32 Å². The van der Waals surface area contributed by atoms with Gasteiger partial charge in [-0.15, -0.1) is 0 Å². The van der Waals surface area contributed by atoms with Gasteiger partial charge in [-0.2, -0.15) is 0 Å². The second-order valence-electron chi connectivity index (χ2n) is 5.76. The van der Waals surface area contributed by atoms with Crippen molar-refractivity contribution < 1.29 is 0 Å². The molecule has 16 heavy (non-hydrogen) atoms. The van der Waals surface area contributed by atoms with Crippen molar-refractivity contribution in [2.75, 3.05) is 19.6 Å². The Bertz CT molecular complexity index is 189. The van der Waals surface area contributed by atoms with Gasteiger partial charge < -0.3 is 5.32 Å². The fraction of sp³-hybridized carbons (Fsp3) is 1.00. The molecule has 1 aliphatic heterocycles. The minimum Gasteiger partial charge on any atom is -0.315 e. The van der Waals surface area contributed by atoms with Crippen LogP contribution in [0.3, 0.4) is 0 Å². The summed E-state index contributed by atoms with van der Waals surface area (Å²) in [5.41, 5.74) is 0.424. The maximum atomic E-state index is 3.59. The largest absolute Gasteiger partial charge is 0.315 e. The van der Waals surface area contributed by atoms with Gasteiger partial charge in [0.15, 0.2) is 0 Å². The third-order valence-electron chi connectivity index (χ3n) is 3.83. The summed E-state index contributed by atoms with van der Waals surface area (Å²) in [5, 5.41) is 3.59. The normalized spacial score (nSPS) is 22.5. The van der Waals surface area contributed by atoms with Crippen LogP contribution >= 0.6 is 0 Å². The Morgan fingerprint density at radius 2 is 2.00 bits per heavy atom. The summed E-state index contributed by atoms with van der Waals surface area (Å²) in [6, 6.07) is 0.744. The van der Waals surface area contributed by atoms with Crippen LogP contribution in [0, 0.1) is 0 Å². The number of hydrogen-bond acceptors (Lipinski definition) is 2. The van der Waals surface area contributed by atoms with E-state index in [0.717, 1.165) is 12.6 Å². The molecule has 0 amide bonds. The van der Waals surface area contributed by atoms with Crippen molar-refractivity contribution in [1.29, 1.82) is 0 Å². The summed E-state index contributed by atoms with van der Waals surface area (Å²) >= 11 is 0. The third-order valence-corrected chi connectivity index (χ3v) is 3.83. The van der Waals surface area contributed by atoms with Gasteiger partial charge in [-0.3, -0.25) is 4.90 Å². The lowest BCUT2D eigenvalue weighted by atomic mass is 9.99. The SMILES string of the molecule is CCCNCC(CCC)N1CCCC1(C)C. The molecule has 1 aliphatic rings. The Morgan fingerprint density at radius 1 is 1.25 bits per heavy atom. The fourth-order valence-electron chi connectivity index (χ4n) is 2.95. The molecule has 0 aromatic rings. The summed E-state index contributed by atoms with van der Waals surface area (Å²) in [6.07, 6.45) is 6.61. The topological polar surface area (TPSA) is 15.3 Å². The van der Waals surface area contributed by atoms with Crippen LogP contribution in [-0.2, 0) is 0 Å². The first kappa shape index (κ1) is 14.0. The Morgan fingerprint density at radius 3 is 2.50 bits per heavy atom. The lowest BCUT2D eigenvalue weighted by Crippen LogP contribution is -2.49. The minimum absolute atomic E-state index is 0.424. The average molecular weight is 226 g/mol. The van der Waals surface area contributed by atoms with E-state index in [1.165, 1.54) is 45.2 Å². The van der Waals surface area contributed by atoms with Gasteiger partial charge in [0.2, 0.25) is 0 Å². The van der Waals surface area contributed by atoms with Crippen molar-refractivity contribution >= 4 is 0 Å². The van der Waals surface area contributed by atoms with Crippen molar-refractivity contribution in [1.82, 2.24) is 10.2 Å². The Kier molecular flexibility index (Phi) is 5.77. The van der Waals surface area contributed by atoms with Gasteiger partial charge in [-0.25, -0.2) is 0 Å². The summed E-state index contributed by atoms with van der Waals surface area (Å²) in [5.74, 6) is 0. The number of hydrogen-bond donors (Lipinski definition) is 1. The molecule has 0 saturated carbocycles. The minimum atomic E-state index is 0.424. The van der Waals surface area contributed by atoms with Crippen LogP contribution in [0.15, 0.2) is 0 Å². The zero-order valence-electron chi connectivity index (χ0n) is 11.7. The Hall–Kier alpha value is -0.0800. The molecule has 1 fully saturated rings. The van der Waals surface area contributed by atoms with E-state index >= 15 is 0 Å². The second-order valence-corrected chi connectivity index (χ2v) is 5.76. The molecule has 1 saturated heterocycles. The van der Waals surface area contributed by atoms with Gasteiger partial charge >= 0.3 is 0 Å². The molecule has 1 N–H and O–H groups in total. The number of likely N-dealkylation sites (tertiary alicyclic amines) is 1. The molecule has 1 unspecified atom stereocenters. The van der Waals surface area contributed by atoms with Crippen molar-refractivity contribution in [3.8, 4) is 0 Å². The highest BCUT2D eigenvalue weighted by Gasteiger charge is 2.35.